The van der Waals surface area contributed by atoms with Crippen molar-refractivity contribution in [3.05, 3.63) is 34.3 Å². The number of carboxylic acid groups (broad SMARTS) is 1. The van der Waals surface area contributed by atoms with Crippen LogP contribution in [-0.4, -0.2) is 29.1 Å². The van der Waals surface area contributed by atoms with Crippen molar-refractivity contribution in [2.75, 3.05) is 18.0 Å². The smallest absolute Gasteiger partial charge is 0.339 e. The maximum atomic E-state index is 11.5. The molecular formula is C15H15ClN2O2. The highest BCUT2D eigenvalue weighted by atomic mass is 35.5. The molecule has 0 atom stereocenters. The van der Waals surface area contributed by atoms with Crippen molar-refractivity contribution in [2.45, 2.75) is 19.8 Å². The quantitative estimate of drug-likeness (QED) is 0.920. The Hall–Kier alpha value is -1.81. The summed E-state index contributed by atoms with van der Waals surface area (Å²) < 4.78 is 0. The van der Waals surface area contributed by atoms with Crippen LogP contribution in [0.1, 0.15) is 28.8 Å². The van der Waals surface area contributed by atoms with Gasteiger partial charge in [-0.3, -0.25) is 0 Å². The molecule has 2 aromatic rings. The molecule has 0 radical (unpaired) electrons. The molecule has 1 fully saturated rings. The third kappa shape index (κ3) is 2.20. The molecule has 0 unspecified atom stereocenters. The molecule has 4 nitrogen and oxygen atoms in total. The van der Waals surface area contributed by atoms with E-state index in [-0.39, 0.29) is 5.56 Å². The zero-order chi connectivity index (χ0) is 14.3. The number of aromatic carboxylic acids is 1. The van der Waals surface area contributed by atoms with E-state index in [0.29, 0.717) is 10.8 Å². The van der Waals surface area contributed by atoms with E-state index in [0.717, 1.165) is 42.4 Å². The molecule has 1 aromatic heterocycles. The average molecular weight is 291 g/mol. The number of nitrogens with zero attached hydrogens (tertiary/aromatic N) is 2. The van der Waals surface area contributed by atoms with Gasteiger partial charge in [0.25, 0.3) is 0 Å². The second kappa shape index (κ2) is 4.94. The molecule has 2 heterocycles. The third-order valence-electron chi connectivity index (χ3n) is 3.69. The monoisotopic (exact) mass is 290 g/mol. The fraction of sp³-hybridized carbons (Fsp3) is 0.333. The van der Waals surface area contributed by atoms with Crippen LogP contribution in [0, 0.1) is 6.92 Å². The van der Waals surface area contributed by atoms with E-state index in [1.165, 1.54) is 0 Å². The zero-order valence-electron chi connectivity index (χ0n) is 11.2. The number of pyridine rings is 1. The lowest BCUT2D eigenvalue weighted by molar-refractivity contribution is 0.0697. The summed E-state index contributed by atoms with van der Waals surface area (Å²) >= 11 is 6.04. The Morgan fingerprint density at radius 1 is 1.30 bits per heavy atom. The van der Waals surface area contributed by atoms with E-state index >= 15 is 0 Å². The highest BCUT2D eigenvalue weighted by Gasteiger charge is 2.22. The van der Waals surface area contributed by atoms with Gasteiger partial charge >= 0.3 is 5.97 Å². The van der Waals surface area contributed by atoms with Crippen LogP contribution in [0.15, 0.2) is 18.2 Å². The molecule has 104 valence electrons. The summed E-state index contributed by atoms with van der Waals surface area (Å²) in [6, 6.07) is 5.29. The maximum absolute atomic E-state index is 11.5. The minimum absolute atomic E-state index is 0.251. The highest BCUT2D eigenvalue weighted by molar-refractivity contribution is 6.31. The van der Waals surface area contributed by atoms with Crippen LogP contribution in [0.2, 0.25) is 5.02 Å². The van der Waals surface area contributed by atoms with Crippen LogP contribution in [0.25, 0.3) is 10.9 Å². The topological polar surface area (TPSA) is 53.4 Å². The number of carboxylic acids is 1. The Balaban J connectivity index is 2.26. The van der Waals surface area contributed by atoms with Crippen molar-refractivity contribution in [1.82, 2.24) is 4.98 Å². The summed E-state index contributed by atoms with van der Waals surface area (Å²) in [7, 11) is 0. The van der Waals surface area contributed by atoms with E-state index in [2.05, 4.69) is 9.88 Å². The number of rotatable bonds is 2. The number of fused-ring (bicyclic) bond motifs is 1. The molecule has 3 rings (SSSR count). The molecule has 0 spiro atoms. The molecule has 5 heteroatoms. The van der Waals surface area contributed by atoms with Gasteiger partial charge in [-0.25, -0.2) is 9.78 Å². The Morgan fingerprint density at radius 3 is 2.65 bits per heavy atom. The van der Waals surface area contributed by atoms with Gasteiger partial charge in [0.2, 0.25) is 0 Å². The number of carbonyl (C=O) groups is 1. The van der Waals surface area contributed by atoms with Crippen LogP contribution < -0.4 is 4.90 Å². The molecule has 1 aliphatic rings. The Labute approximate surface area is 122 Å². The van der Waals surface area contributed by atoms with E-state index in [4.69, 9.17) is 11.6 Å². The van der Waals surface area contributed by atoms with Crippen molar-refractivity contribution in [3.8, 4) is 0 Å². The van der Waals surface area contributed by atoms with E-state index in [1.54, 1.807) is 12.1 Å². The molecule has 20 heavy (non-hydrogen) atoms. The summed E-state index contributed by atoms with van der Waals surface area (Å²) in [5.41, 5.74) is 2.03. The van der Waals surface area contributed by atoms with Crippen LogP contribution in [0.5, 0.6) is 0 Å². The molecule has 0 amide bonds. The molecule has 1 aliphatic heterocycles. The van der Waals surface area contributed by atoms with Crippen molar-refractivity contribution >= 4 is 34.3 Å². The number of anilines is 1. The van der Waals surface area contributed by atoms with Crippen LogP contribution in [-0.2, 0) is 0 Å². The largest absolute Gasteiger partial charge is 0.478 e. The molecule has 1 saturated heterocycles. The predicted molar refractivity (Wildman–Crippen MR) is 79.9 cm³/mol. The Morgan fingerprint density at radius 2 is 2.00 bits per heavy atom. The SMILES string of the molecule is Cc1cc(Cl)cc2cc(C(=O)O)c(N3CCCC3)nc12. The zero-order valence-corrected chi connectivity index (χ0v) is 11.9. The van der Waals surface area contributed by atoms with E-state index in [1.807, 2.05) is 13.0 Å². The first kappa shape index (κ1) is 13.2. The number of halogens is 1. The van der Waals surface area contributed by atoms with Crippen molar-refractivity contribution in [3.63, 3.8) is 0 Å². The molecule has 0 bridgehead atoms. The molecular weight excluding hydrogens is 276 g/mol. The summed E-state index contributed by atoms with van der Waals surface area (Å²) in [4.78, 5) is 18.2. The lowest BCUT2D eigenvalue weighted by Gasteiger charge is -2.19. The fourth-order valence-electron chi connectivity index (χ4n) is 2.74. The maximum Gasteiger partial charge on any atom is 0.339 e. The first-order valence-corrected chi connectivity index (χ1v) is 7.03. The number of aryl methyl sites for hydroxylation is 1. The van der Waals surface area contributed by atoms with Gasteiger partial charge in [0.05, 0.1) is 5.52 Å². The number of hydrogen-bond acceptors (Lipinski definition) is 3. The van der Waals surface area contributed by atoms with Crippen LogP contribution in [0.4, 0.5) is 5.82 Å². The third-order valence-corrected chi connectivity index (χ3v) is 3.91. The summed E-state index contributed by atoms with van der Waals surface area (Å²) in [5, 5.41) is 10.8. The first-order chi connectivity index (χ1) is 9.56. The lowest BCUT2D eigenvalue weighted by atomic mass is 10.1. The number of benzene rings is 1. The van der Waals surface area contributed by atoms with Gasteiger partial charge in [-0.15, -0.1) is 0 Å². The highest BCUT2D eigenvalue weighted by Crippen LogP contribution is 2.29. The van der Waals surface area contributed by atoms with E-state index in [9.17, 15) is 9.90 Å². The van der Waals surface area contributed by atoms with Crippen molar-refractivity contribution < 1.29 is 9.90 Å². The van der Waals surface area contributed by atoms with Crippen molar-refractivity contribution in [2.24, 2.45) is 0 Å². The molecule has 1 aromatic carbocycles. The number of hydrogen-bond donors (Lipinski definition) is 1. The standard InChI is InChI=1S/C15H15ClN2O2/c1-9-6-11(16)7-10-8-12(15(19)20)14(17-13(9)10)18-4-2-3-5-18/h6-8H,2-5H2,1H3,(H,19,20). The number of aromatic nitrogens is 1. The Bertz CT molecular complexity index is 694. The van der Waals surface area contributed by atoms with Crippen LogP contribution in [0.3, 0.4) is 0 Å². The summed E-state index contributed by atoms with van der Waals surface area (Å²) in [6.45, 7) is 3.67. The van der Waals surface area contributed by atoms with Gasteiger partial charge in [0.1, 0.15) is 11.4 Å². The van der Waals surface area contributed by atoms with Gasteiger partial charge in [0.15, 0.2) is 0 Å². The molecule has 0 saturated carbocycles. The van der Waals surface area contributed by atoms with Gasteiger partial charge in [-0.1, -0.05) is 11.6 Å². The van der Waals surface area contributed by atoms with Gasteiger partial charge in [-0.05, 0) is 43.5 Å². The summed E-state index contributed by atoms with van der Waals surface area (Å²) in [5.74, 6) is -0.369. The normalized spacial score (nSPS) is 15.0. The Kier molecular flexibility index (Phi) is 3.26. The lowest BCUT2D eigenvalue weighted by Crippen LogP contribution is -2.22. The van der Waals surface area contributed by atoms with Gasteiger partial charge in [-0.2, -0.15) is 0 Å². The molecule has 1 N–H and O–H groups in total. The first-order valence-electron chi connectivity index (χ1n) is 6.65. The fourth-order valence-corrected chi connectivity index (χ4v) is 3.02. The van der Waals surface area contributed by atoms with Gasteiger partial charge < -0.3 is 10.0 Å². The van der Waals surface area contributed by atoms with Gasteiger partial charge in [0, 0.05) is 23.5 Å². The average Bonchev–Trinajstić information content (AvgIpc) is 2.90. The second-order valence-electron chi connectivity index (χ2n) is 5.15. The summed E-state index contributed by atoms with van der Waals surface area (Å²) in [6.07, 6.45) is 2.16. The second-order valence-corrected chi connectivity index (χ2v) is 5.59. The van der Waals surface area contributed by atoms with Crippen molar-refractivity contribution in [1.29, 1.82) is 0 Å². The predicted octanol–water partition coefficient (Wildman–Crippen LogP) is 3.50. The molecule has 0 aliphatic carbocycles. The minimum atomic E-state index is -0.945. The van der Waals surface area contributed by atoms with Crippen LogP contribution >= 0.6 is 11.6 Å². The minimum Gasteiger partial charge on any atom is -0.478 e. The van der Waals surface area contributed by atoms with E-state index < -0.39 is 5.97 Å².